The number of carbonyl (C=O) groups is 6. The van der Waals surface area contributed by atoms with Gasteiger partial charge < -0.3 is 28.7 Å². The number of esters is 1. The van der Waals surface area contributed by atoms with Crippen LogP contribution in [-0.4, -0.2) is 150 Å². The monoisotopic (exact) mass is 1710 g/mol. The van der Waals surface area contributed by atoms with E-state index in [-0.39, 0.29) is 169 Å². The van der Waals surface area contributed by atoms with Crippen molar-refractivity contribution >= 4 is 55.2 Å². The molecule has 0 aliphatic carbocycles. The fourth-order valence-corrected chi connectivity index (χ4v) is 15.6. The fourth-order valence-electron chi connectivity index (χ4n) is 12.7. The molecule has 24 nitrogen and oxygen atoms in total. The maximum Gasteiger partial charge on any atom is 0.308 e. The standard InChI is InChI=1S/C24H22FNO4.C24H22FNO3.C23H19FN4O4S.C23H19FN4O3S/c1-16(24(28)29-2)14-20(27)15-19-4-3-5-23(26-19)17-6-10-21(11-7-17)30-22-12-8-18(25)9-13-22;1-16(17(2)27)14-21(28)15-20-4-3-5-24(26-20)18-6-10-22(11-7-18)29-23-12-8-19(25)9-13-23;24-18-7-9-19(10-8-18)32-22-6-2-5-21(26-22)23(29)27-11-13-28(14-12-27)33(30,31)20-4-1-3-17(15-20)16-25;24-19-9-7-18(8-10-19)21-5-2-6-22(26-21)23(29)27-11-13-28(14-12-27)32(30,31)20-4-1-3-17(15-20)16-25/h3-13,16H,14-15H2,1-2H3;3-13,16H,14-15H2,1-2H3;1-10,15H,11-14H2;1-10,15H,11-14H2/t2*16-;;/m11../s1. The molecule has 14 rings (SSSR count). The highest BCUT2D eigenvalue weighted by molar-refractivity contribution is 7.89. The molecule has 0 spiro atoms. The number of halogens is 4. The Balaban J connectivity index is 0.000000161. The molecule has 6 heterocycles. The number of benzene rings is 8. The van der Waals surface area contributed by atoms with E-state index in [9.17, 15) is 63.2 Å². The average molecular weight is 1720 g/mol. The summed E-state index contributed by atoms with van der Waals surface area (Å²) in [6.07, 6.45) is 0.711. The number of rotatable bonds is 25. The average Bonchev–Trinajstić information content (AvgIpc) is 0.795. The van der Waals surface area contributed by atoms with Gasteiger partial charge in [-0.2, -0.15) is 19.1 Å². The summed E-state index contributed by atoms with van der Waals surface area (Å²) in [7, 11) is -6.22. The van der Waals surface area contributed by atoms with Crippen molar-refractivity contribution in [2.45, 2.75) is 56.2 Å². The zero-order valence-corrected chi connectivity index (χ0v) is 69.2. The van der Waals surface area contributed by atoms with E-state index >= 15 is 0 Å². The van der Waals surface area contributed by atoms with Crippen LogP contribution in [0.2, 0.25) is 0 Å². The molecule has 8 aromatic carbocycles. The van der Waals surface area contributed by atoms with Crippen LogP contribution in [0.4, 0.5) is 17.6 Å². The Morgan fingerprint density at radius 2 is 0.718 bits per heavy atom. The van der Waals surface area contributed by atoms with Crippen LogP contribution in [0.1, 0.15) is 77.1 Å². The Morgan fingerprint density at radius 1 is 0.395 bits per heavy atom. The molecule has 124 heavy (non-hydrogen) atoms. The number of hydrogen-bond acceptors (Lipinski definition) is 20. The van der Waals surface area contributed by atoms with Crippen LogP contribution in [0.25, 0.3) is 33.8 Å². The Morgan fingerprint density at radius 3 is 1.10 bits per heavy atom. The number of carbonyl (C=O) groups excluding carboxylic acids is 6. The van der Waals surface area contributed by atoms with Crippen LogP contribution >= 0.6 is 0 Å². The van der Waals surface area contributed by atoms with Crippen molar-refractivity contribution in [1.29, 1.82) is 10.5 Å². The predicted octanol–water partition coefficient (Wildman–Crippen LogP) is 16.3. The minimum Gasteiger partial charge on any atom is -0.469 e. The zero-order chi connectivity index (χ0) is 88.5. The van der Waals surface area contributed by atoms with E-state index in [1.165, 1.54) is 131 Å². The third-order valence-corrected chi connectivity index (χ3v) is 23.3. The first-order valence-corrected chi connectivity index (χ1v) is 41.8. The molecule has 0 radical (unpaired) electrons. The van der Waals surface area contributed by atoms with E-state index in [0.717, 1.165) is 22.5 Å². The first-order valence-electron chi connectivity index (χ1n) is 38.9. The number of sulfonamides is 2. The second kappa shape index (κ2) is 42.8. The molecule has 0 bridgehead atoms. The van der Waals surface area contributed by atoms with Crippen LogP contribution in [0.15, 0.2) is 277 Å². The Bertz CT molecular complexity index is 6110. The van der Waals surface area contributed by atoms with Crippen LogP contribution in [-0.2, 0) is 56.8 Å². The van der Waals surface area contributed by atoms with Gasteiger partial charge in [-0.3, -0.25) is 38.7 Å². The van der Waals surface area contributed by atoms with E-state index in [0.29, 0.717) is 51.4 Å². The van der Waals surface area contributed by atoms with Crippen molar-refractivity contribution in [1.82, 2.24) is 38.3 Å². The highest BCUT2D eigenvalue weighted by Gasteiger charge is 2.34. The molecule has 2 atom stereocenters. The number of hydrogen-bond donors (Lipinski definition) is 0. The molecule has 30 heteroatoms. The van der Waals surface area contributed by atoms with Crippen molar-refractivity contribution in [2.75, 3.05) is 59.5 Å². The number of amides is 2. The number of aromatic nitrogens is 4. The number of Topliss-reactive ketones (excluding diaryl/α,β-unsaturated/α-hetero) is 3. The number of methoxy groups -OCH3 is 1. The van der Waals surface area contributed by atoms with Crippen molar-refractivity contribution < 1.29 is 82.1 Å². The molecule has 2 aliphatic rings. The molecule has 2 aliphatic heterocycles. The molecule has 12 aromatic rings. The first-order chi connectivity index (χ1) is 59.6. The van der Waals surface area contributed by atoms with E-state index < -0.39 is 37.8 Å². The molecular formula is C94H82F4N10O14S2. The van der Waals surface area contributed by atoms with Crippen molar-refractivity contribution in [3.8, 4) is 80.5 Å². The number of nitrogens with zero attached hydrogens (tertiary/aromatic N) is 10. The molecule has 0 unspecified atom stereocenters. The fraction of sp³-hybridized carbons (Fsp3) is 0.191. The molecule has 2 amide bonds. The van der Waals surface area contributed by atoms with Gasteiger partial charge >= 0.3 is 5.97 Å². The van der Waals surface area contributed by atoms with Gasteiger partial charge in [0.2, 0.25) is 25.9 Å². The summed E-state index contributed by atoms with van der Waals surface area (Å²) in [4.78, 5) is 94.1. The minimum absolute atomic E-state index is 0.000366. The first kappa shape index (κ1) is 90.5. The second-order valence-corrected chi connectivity index (χ2v) is 32.3. The Labute approximate surface area is 714 Å². The topological polar surface area (TPSA) is 320 Å². The summed E-state index contributed by atoms with van der Waals surface area (Å²) >= 11 is 0. The number of piperazine rings is 2. The number of nitriles is 2. The number of pyridine rings is 4. The molecule has 4 aromatic heterocycles. The molecule has 2 saturated heterocycles. The quantitative estimate of drug-likeness (QED) is 0.0379. The van der Waals surface area contributed by atoms with Crippen LogP contribution in [0.5, 0.6) is 34.6 Å². The Hall–Kier alpha value is -14.3. The van der Waals surface area contributed by atoms with E-state index in [1.807, 2.05) is 78.9 Å². The zero-order valence-electron chi connectivity index (χ0n) is 67.6. The predicted molar refractivity (Wildman–Crippen MR) is 452 cm³/mol. The molecule has 0 N–H and O–H groups in total. The second-order valence-electron chi connectivity index (χ2n) is 28.5. The van der Waals surface area contributed by atoms with Crippen LogP contribution < -0.4 is 14.2 Å². The highest BCUT2D eigenvalue weighted by Crippen LogP contribution is 2.31. The molecular weight excluding hydrogens is 1630 g/mol. The third kappa shape index (κ3) is 25.4. The van der Waals surface area contributed by atoms with Gasteiger partial charge in [0.05, 0.1) is 63.2 Å². The molecule has 0 saturated carbocycles. The smallest absolute Gasteiger partial charge is 0.308 e. The summed E-state index contributed by atoms with van der Waals surface area (Å²) in [6.45, 7) is 6.29. The van der Waals surface area contributed by atoms with Crippen molar-refractivity contribution in [3.63, 3.8) is 0 Å². The van der Waals surface area contributed by atoms with E-state index in [4.69, 9.17) is 24.7 Å². The summed E-state index contributed by atoms with van der Waals surface area (Å²) < 4.78 is 128. The summed E-state index contributed by atoms with van der Waals surface area (Å²) in [6, 6.07) is 74.1. The summed E-state index contributed by atoms with van der Waals surface area (Å²) in [5, 5.41) is 18.0. The van der Waals surface area contributed by atoms with Gasteiger partial charge in [-0.15, -0.1) is 0 Å². The van der Waals surface area contributed by atoms with Crippen molar-refractivity contribution in [3.05, 3.63) is 324 Å². The van der Waals surface area contributed by atoms with Gasteiger partial charge in [0.1, 0.15) is 80.8 Å². The van der Waals surface area contributed by atoms with Gasteiger partial charge in [-0.25, -0.2) is 44.4 Å². The minimum atomic E-state index is -3.77. The highest BCUT2D eigenvalue weighted by atomic mass is 32.2. The van der Waals surface area contributed by atoms with Crippen LogP contribution in [0.3, 0.4) is 0 Å². The van der Waals surface area contributed by atoms with Gasteiger partial charge in [0.15, 0.2) is 0 Å². The number of ketones is 3. The lowest BCUT2D eigenvalue weighted by Gasteiger charge is -2.33. The van der Waals surface area contributed by atoms with Crippen LogP contribution in [0, 0.1) is 57.8 Å². The summed E-state index contributed by atoms with van der Waals surface area (Å²) in [5.41, 5.74) is 6.74. The normalized spacial score (nSPS) is 13.2. The van der Waals surface area contributed by atoms with Gasteiger partial charge in [0, 0.05) is 118 Å². The van der Waals surface area contributed by atoms with Gasteiger partial charge in [-0.1, -0.05) is 50.2 Å². The third-order valence-electron chi connectivity index (χ3n) is 19.5. The molecule has 2 fully saturated rings. The lowest BCUT2D eigenvalue weighted by molar-refractivity contribution is -0.146. The molecule has 632 valence electrons. The lowest BCUT2D eigenvalue weighted by Crippen LogP contribution is -2.50. The SMILES string of the molecule is CC(=O)[C@H](C)CC(=O)Cc1cccc(-c2ccc(Oc3ccc(F)cc3)cc2)n1.COC(=O)[C@H](C)CC(=O)Cc1cccc(-c2ccc(Oc3ccc(F)cc3)cc2)n1.N#Cc1cccc(S(=O)(=O)N2CCN(C(=O)c3cccc(-c4ccc(F)cc4)n3)CC2)c1.N#Cc1cccc(S(=O)(=O)N2CCN(C(=O)c3cccc(Oc4ccc(F)cc4)n3)CC2)c1. The van der Waals surface area contributed by atoms with Crippen molar-refractivity contribution in [2.24, 2.45) is 11.8 Å². The maximum atomic E-state index is 13.2. The van der Waals surface area contributed by atoms with E-state index in [1.54, 1.807) is 116 Å². The lowest BCUT2D eigenvalue weighted by atomic mass is 9.98. The summed E-state index contributed by atoms with van der Waals surface area (Å²) in [5.74, 6) is -0.281. The van der Waals surface area contributed by atoms with E-state index in [2.05, 4.69) is 24.7 Å². The Kier molecular flexibility index (Phi) is 31.2. The van der Waals surface area contributed by atoms with Gasteiger partial charge in [-0.05, 0) is 231 Å². The maximum absolute atomic E-state index is 13.2. The largest absolute Gasteiger partial charge is 0.469 e. The van der Waals surface area contributed by atoms with Gasteiger partial charge in [0.25, 0.3) is 11.8 Å². The number of ether oxygens (including phenoxy) is 4.